The number of rotatable bonds is 4. The number of aryl methyl sites for hydroxylation is 1. The number of sulfonamides is 1. The maximum absolute atomic E-state index is 12.1. The lowest BCUT2D eigenvalue weighted by atomic mass is 10.2. The first kappa shape index (κ1) is 16.6. The van der Waals surface area contributed by atoms with Gasteiger partial charge in [0.2, 0.25) is 5.88 Å². The number of hydrazone groups is 1. The van der Waals surface area contributed by atoms with Crippen molar-refractivity contribution in [1.29, 1.82) is 0 Å². The normalized spacial score (nSPS) is 14.3. The lowest BCUT2D eigenvalue weighted by Gasteiger charge is -2.25. The predicted octanol–water partition coefficient (Wildman–Crippen LogP) is 0.582. The highest BCUT2D eigenvalue weighted by Gasteiger charge is 2.20. The third kappa shape index (κ3) is 4.36. The Kier molecular flexibility index (Phi) is 4.74. The summed E-state index contributed by atoms with van der Waals surface area (Å²) in [6, 6.07) is 5.15. The van der Waals surface area contributed by atoms with Gasteiger partial charge in [0.25, 0.3) is 10.0 Å². The largest absolute Gasteiger partial charge is 0.481 e. The summed E-state index contributed by atoms with van der Waals surface area (Å²) in [5.41, 5.74) is 6.32. The molecule has 9 nitrogen and oxygen atoms in total. The Morgan fingerprint density at radius 3 is 2.52 bits per heavy atom. The molecule has 3 N–H and O–H groups in total. The summed E-state index contributed by atoms with van der Waals surface area (Å²) in [6.45, 7) is 3.52. The lowest BCUT2D eigenvalue weighted by Crippen LogP contribution is -2.53. The van der Waals surface area contributed by atoms with Crippen molar-refractivity contribution in [2.75, 3.05) is 7.11 Å². The van der Waals surface area contributed by atoms with E-state index >= 15 is 0 Å². The van der Waals surface area contributed by atoms with E-state index in [0.29, 0.717) is 11.6 Å². The van der Waals surface area contributed by atoms with Crippen LogP contribution in [0.3, 0.4) is 0 Å². The molecular formula is C13H17N5O4S. The first-order valence-corrected chi connectivity index (χ1v) is 8.06. The minimum atomic E-state index is -3.97. The zero-order chi connectivity index (χ0) is 17.0. The highest BCUT2D eigenvalue weighted by atomic mass is 32.2. The van der Waals surface area contributed by atoms with Gasteiger partial charge >= 0.3 is 6.03 Å². The topological polar surface area (TPSA) is 112 Å². The molecule has 0 saturated heterocycles. The van der Waals surface area contributed by atoms with Gasteiger partial charge in [0.15, 0.2) is 0 Å². The summed E-state index contributed by atoms with van der Waals surface area (Å²) in [6.07, 6.45) is 1.61. The summed E-state index contributed by atoms with van der Waals surface area (Å²) < 4.78 is 31.1. The van der Waals surface area contributed by atoms with E-state index in [2.05, 4.69) is 16.0 Å². The molecule has 1 aromatic carbocycles. The Hall–Kier alpha value is -2.75. The summed E-state index contributed by atoms with van der Waals surface area (Å²) in [5, 5.41) is 4.90. The molecular weight excluding hydrogens is 322 g/mol. The number of hydrogen-bond acceptors (Lipinski definition) is 7. The summed E-state index contributed by atoms with van der Waals surface area (Å²) in [7, 11) is -2.53. The van der Waals surface area contributed by atoms with Crippen LogP contribution < -0.4 is 15.6 Å². The standard InChI is InChI=1S/C13H17N5O4S/c1-9-4-6-11(7-5-9)23(20,21)17-13(19)16-18-14-10(2)8-12(15-18)22-3/h4-8,15H,1-3H3,(H2,16,17,19). The fraction of sp³-hybridized carbons (Fsp3) is 0.231. The molecule has 1 heterocycles. The molecule has 2 rings (SSSR count). The third-order valence-electron chi connectivity index (χ3n) is 2.80. The Morgan fingerprint density at radius 1 is 1.26 bits per heavy atom. The minimum Gasteiger partial charge on any atom is -0.481 e. The zero-order valence-electron chi connectivity index (χ0n) is 12.8. The van der Waals surface area contributed by atoms with Gasteiger partial charge in [-0.15, -0.1) is 10.3 Å². The molecule has 0 spiro atoms. The number of carbonyl (C=O) groups excluding carboxylic acids is 1. The van der Waals surface area contributed by atoms with Gasteiger partial charge in [0.05, 0.1) is 17.7 Å². The van der Waals surface area contributed by atoms with E-state index in [-0.39, 0.29) is 4.90 Å². The lowest BCUT2D eigenvalue weighted by molar-refractivity contribution is 0.0995. The van der Waals surface area contributed by atoms with Gasteiger partial charge in [-0.1, -0.05) is 17.7 Å². The van der Waals surface area contributed by atoms with Crippen LogP contribution in [0.25, 0.3) is 0 Å². The van der Waals surface area contributed by atoms with Gasteiger partial charge in [-0.05, 0) is 26.0 Å². The molecule has 0 bridgehead atoms. The van der Waals surface area contributed by atoms with E-state index in [9.17, 15) is 13.2 Å². The molecule has 0 saturated carbocycles. The fourth-order valence-corrected chi connectivity index (χ4v) is 2.61. The Bertz CT molecular complexity index is 755. The first-order chi connectivity index (χ1) is 10.8. The molecule has 0 unspecified atom stereocenters. The number of hydrogen-bond donors (Lipinski definition) is 3. The van der Waals surface area contributed by atoms with Gasteiger partial charge in [0, 0.05) is 6.08 Å². The smallest absolute Gasteiger partial charge is 0.350 e. The van der Waals surface area contributed by atoms with Crippen LogP contribution in [0.2, 0.25) is 0 Å². The number of benzene rings is 1. The number of nitrogens with one attached hydrogen (secondary N) is 3. The van der Waals surface area contributed by atoms with E-state index in [1.54, 1.807) is 25.1 Å². The molecule has 1 aromatic rings. The van der Waals surface area contributed by atoms with Crippen LogP contribution in [-0.2, 0) is 14.8 Å². The Balaban J connectivity index is 2.02. The number of hydrazine groups is 2. The van der Waals surface area contributed by atoms with Crippen molar-refractivity contribution >= 4 is 21.8 Å². The van der Waals surface area contributed by atoms with E-state index < -0.39 is 16.1 Å². The number of carbonyl (C=O) groups is 1. The second-order valence-electron chi connectivity index (χ2n) is 4.74. The highest BCUT2D eigenvalue weighted by molar-refractivity contribution is 7.90. The molecule has 0 fully saturated rings. The van der Waals surface area contributed by atoms with Crippen LogP contribution in [0.5, 0.6) is 0 Å². The quantitative estimate of drug-likeness (QED) is 0.740. The van der Waals surface area contributed by atoms with Crippen molar-refractivity contribution in [3.8, 4) is 0 Å². The van der Waals surface area contributed by atoms with Gasteiger partial charge < -0.3 is 4.74 Å². The number of allylic oxidation sites excluding steroid dienone is 1. The molecule has 23 heavy (non-hydrogen) atoms. The van der Waals surface area contributed by atoms with Crippen LogP contribution in [0.1, 0.15) is 12.5 Å². The minimum absolute atomic E-state index is 0.0120. The fourth-order valence-electron chi connectivity index (χ4n) is 1.71. The zero-order valence-corrected chi connectivity index (χ0v) is 13.6. The van der Waals surface area contributed by atoms with Gasteiger partial charge in [-0.3, -0.25) is 0 Å². The van der Waals surface area contributed by atoms with E-state index in [4.69, 9.17) is 4.74 Å². The molecule has 0 radical (unpaired) electrons. The third-order valence-corrected chi connectivity index (χ3v) is 4.15. The second kappa shape index (κ2) is 6.57. The van der Waals surface area contributed by atoms with Crippen LogP contribution >= 0.6 is 0 Å². The molecule has 0 atom stereocenters. The van der Waals surface area contributed by atoms with Crippen molar-refractivity contribution in [3.63, 3.8) is 0 Å². The molecule has 0 aliphatic carbocycles. The van der Waals surface area contributed by atoms with E-state index in [0.717, 1.165) is 10.8 Å². The first-order valence-electron chi connectivity index (χ1n) is 6.58. The molecule has 2 amide bonds. The maximum atomic E-state index is 12.1. The Labute approximate surface area is 134 Å². The SMILES string of the molecule is COC1=CC(C)=NN(NC(=O)NS(=O)(=O)c2ccc(C)cc2)N1. The second-order valence-corrected chi connectivity index (χ2v) is 6.42. The number of ether oxygens (including phenoxy) is 1. The monoisotopic (exact) mass is 339 g/mol. The van der Waals surface area contributed by atoms with Crippen LogP contribution in [-0.4, -0.2) is 32.5 Å². The Morgan fingerprint density at radius 2 is 1.91 bits per heavy atom. The summed E-state index contributed by atoms with van der Waals surface area (Å²) in [4.78, 5) is 11.8. The molecule has 1 aliphatic rings. The van der Waals surface area contributed by atoms with E-state index in [1.165, 1.54) is 19.2 Å². The van der Waals surface area contributed by atoms with Crippen molar-refractivity contribution in [2.45, 2.75) is 18.7 Å². The van der Waals surface area contributed by atoms with Crippen molar-refractivity contribution in [1.82, 2.24) is 20.8 Å². The molecule has 10 heteroatoms. The van der Waals surface area contributed by atoms with E-state index in [1.807, 2.05) is 11.6 Å². The number of urea groups is 1. The van der Waals surface area contributed by atoms with Crippen molar-refractivity contribution < 1.29 is 17.9 Å². The average Bonchev–Trinajstić information content (AvgIpc) is 2.46. The highest BCUT2D eigenvalue weighted by Crippen LogP contribution is 2.09. The number of methoxy groups -OCH3 is 1. The molecule has 124 valence electrons. The average molecular weight is 339 g/mol. The van der Waals surface area contributed by atoms with Gasteiger partial charge in [0.1, 0.15) is 0 Å². The maximum Gasteiger partial charge on any atom is 0.350 e. The summed E-state index contributed by atoms with van der Waals surface area (Å²) >= 11 is 0. The van der Waals surface area contributed by atoms with Crippen molar-refractivity contribution in [3.05, 3.63) is 41.8 Å². The van der Waals surface area contributed by atoms with Crippen LogP contribution in [0, 0.1) is 6.92 Å². The summed E-state index contributed by atoms with van der Waals surface area (Å²) in [5.74, 6) is 0.346. The van der Waals surface area contributed by atoms with Crippen molar-refractivity contribution in [2.24, 2.45) is 5.10 Å². The molecule has 1 aliphatic heterocycles. The number of amides is 2. The number of nitrogens with zero attached hydrogens (tertiary/aromatic N) is 2. The molecule has 0 aromatic heterocycles. The van der Waals surface area contributed by atoms with Crippen LogP contribution in [0.15, 0.2) is 46.2 Å². The van der Waals surface area contributed by atoms with Gasteiger partial charge in [-0.2, -0.15) is 0 Å². The predicted molar refractivity (Wildman–Crippen MR) is 83.2 cm³/mol. The van der Waals surface area contributed by atoms with Crippen LogP contribution in [0.4, 0.5) is 4.79 Å². The van der Waals surface area contributed by atoms with Gasteiger partial charge in [-0.25, -0.2) is 28.8 Å².